The lowest BCUT2D eigenvalue weighted by molar-refractivity contribution is -0.423. The van der Waals surface area contributed by atoms with Gasteiger partial charge in [0.05, 0.1) is 12.5 Å². The van der Waals surface area contributed by atoms with Gasteiger partial charge in [0, 0.05) is 6.23 Å². The maximum atomic E-state index is 11.2. The molecule has 12 heavy (non-hydrogen) atoms. The van der Waals surface area contributed by atoms with Crippen molar-refractivity contribution in [2.45, 2.75) is 11.5 Å². The van der Waals surface area contributed by atoms with Gasteiger partial charge in [-0.15, -0.1) is 0 Å². The fourth-order valence-electron chi connectivity index (χ4n) is 1.02. The summed E-state index contributed by atoms with van der Waals surface area (Å²) < 4.78 is 0. The van der Waals surface area contributed by atoms with Gasteiger partial charge in [0.1, 0.15) is 0 Å². The van der Waals surface area contributed by atoms with E-state index in [9.17, 15) is 14.7 Å². The summed E-state index contributed by atoms with van der Waals surface area (Å²) in [6.07, 6.45) is 2.30. The molecule has 3 amide bonds. The number of rotatable bonds is 1. The van der Waals surface area contributed by atoms with Crippen LogP contribution in [-0.4, -0.2) is 35.9 Å². The molecule has 0 spiro atoms. The van der Waals surface area contributed by atoms with Crippen molar-refractivity contribution in [3.05, 3.63) is 0 Å². The third kappa shape index (κ3) is 1.70. The second kappa shape index (κ2) is 3.32. The molecule has 0 aliphatic carbocycles. The zero-order valence-electron chi connectivity index (χ0n) is 6.79. The standard InChI is InChI=1S/C6H10N2O3S/c1-12(2)3-4(9)7-6(11)8-5(3)10/h3-4H,1-2H3,(H2,7,8,10,11). The number of imide groups is 1. The van der Waals surface area contributed by atoms with Gasteiger partial charge in [0.15, 0.2) is 0 Å². The third-order valence-corrected chi connectivity index (χ3v) is 3.03. The summed E-state index contributed by atoms with van der Waals surface area (Å²) in [5.41, 5.74) is 0. The second-order valence-corrected chi connectivity index (χ2v) is 4.95. The fourth-order valence-corrected chi connectivity index (χ4v) is 2.07. The number of amides is 3. The van der Waals surface area contributed by atoms with Gasteiger partial charge in [-0.2, -0.15) is 0 Å². The zero-order chi connectivity index (χ0) is 9.30. The first-order valence-corrected chi connectivity index (χ1v) is 5.46. The average molecular weight is 190 g/mol. The van der Waals surface area contributed by atoms with Crippen LogP contribution in [-0.2, 0) is 15.7 Å². The number of carbonyl (C=O) groups excluding carboxylic acids is 2. The molecule has 68 valence electrons. The second-order valence-electron chi connectivity index (χ2n) is 2.68. The van der Waals surface area contributed by atoms with Gasteiger partial charge >= 0.3 is 6.03 Å². The molecule has 0 aromatic heterocycles. The van der Waals surface area contributed by atoms with Crippen LogP contribution in [0.25, 0.3) is 0 Å². The lowest BCUT2D eigenvalue weighted by atomic mass is 10.3. The van der Waals surface area contributed by atoms with Gasteiger partial charge in [-0.1, -0.05) is 0 Å². The smallest absolute Gasteiger partial charge is 0.320 e. The van der Waals surface area contributed by atoms with E-state index in [4.69, 9.17) is 0 Å². The highest BCUT2D eigenvalue weighted by Crippen LogP contribution is 2.05. The Balaban J connectivity index is 2.73. The van der Waals surface area contributed by atoms with E-state index < -0.39 is 23.4 Å². The molecule has 1 heterocycles. The summed E-state index contributed by atoms with van der Waals surface area (Å²) in [4.78, 5) is 21.7. The SMILES string of the molecule is C[S+](C)C1C(=O)NC(=O)NC1[O-]. The maximum Gasteiger partial charge on any atom is 0.320 e. The van der Waals surface area contributed by atoms with Crippen molar-refractivity contribution in [1.29, 1.82) is 0 Å². The number of nitrogens with one attached hydrogen (secondary N) is 2. The Morgan fingerprint density at radius 1 is 1.42 bits per heavy atom. The molecule has 2 N–H and O–H groups in total. The summed E-state index contributed by atoms with van der Waals surface area (Å²) >= 11 is 0. The van der Waals surface area contributed by atoms with Crippen LogP contribution in [0.5, 0.6) is 0 Å². The summed E-state index contributed by atoms with van der Waals surface area (Å²) in [5.74, 6) is -0.466. The number of carbonyl (C=O) groups is 2. The zero-order valence-corrected chi connectivity index (χ0v) is 7.60. The lowest BCUT2D eigenvalue weighted by Crippen LogP contribution is -2.67. The third-order valence-electron chi connectivity index (χ3n) is 1.55. The Kier molecular flexibility index (Phi) is 2.58. The van der Waals surface area contributed by atoms with Crippen LogP contribution in [0, 0.1) is 0 Å². The molecule has 0 saturated carbocycles. The summed E-state index contributed by atoms with van der Waals surface area (Å²) in [6.45, 7) is 0. The minimum absolute atomic E-state index is 0.316. The first-order valence-electron chi connectivity index (χ1n) is 3.36. The normalized spacial score (nSPS) is 30.0. The Morgan fingerprint density at radius 2 is 2.00 bits per heavy atom. The van der Waals surface area contributed by atoms with Crippen molar-refractivity contribution >= 4 is 22.8 Å². The quantitative estimate of drug-likeness (QED) is 0.459. The molecule has 6 heteroatoms. The molecule has 0 aromatic carbocycles. The van der Waals surface area contributed by atoms with Crippen molar-refractivity contribution in [2.75, 3.05) is 12.5 Å². The fraction of sp³-hybridized carbons (Fsp3) is 0.667. The van der Waals surface area contributed by atoms with Crippen molar-refractivity contribution in [3.63, 3.8) is 0 Å². The topological polar surface area (TPSA) is 81.3 Å². The van der Waals surface area contributed by atoms with E-state index in [-0.39, 0.29) is 10.9 Å². The molecule has 2 atom stereocenters. The Labute approximate surface area is 72.9 Å². The highest BCUT2D eigenvalue weighted by atomic mass is 32.2. The summed E-state index contributed by atoms with van der Waals surface area (Å²) in [6, 6.07) is -0.693. The molecule has 1 aliphatic heterocycles. The Hall–Kier alpha value is -0.750. The predicted molar refractivity (Wildman–Crippen MR) is 43.5 cm³/mol. The van der Waals surface area contributed by atoms with E-state index >= 15 is 0 Å². The van der Waals surface area contributed by atoms with E-state index in [1.807, 2.05) is 0 Å². The van der Waals surface area contributed by atoms with Crippen molar-refractivity contribution in [1.82, 2.24) is 10.6 Å². The van der Waals surface area contributed by atoms with E-state index in [0.717, 1.165) is 0 Å². The van der Waals surface area contributed by atoms with E-state index in [1.54, 1.807) is 12.5 Å². The van der Waals surface area contributed by atoms with Crippen LogP contribution in [0.15, 0.2) is 0 Å². The molecule has 1 saturated heterocycles. The van der Waals surface area contributed by atoms with Gasteiger partial charge < -0.3 is 10.4 Å². The molecule has 0 radical (unpaired) electrons. The summed E-state index contributed by atoms with van der Waals surface area (Å²) in [5, 5.41) is 14.7. The summed E-state index contributed by atoms with van der Waals surface area (Å²) in [7, 11) is -0.316. The molecule has 1 fully saturated rings. The monoisotopic (exact) mass is 190 g/mol. The van der Waals surface area contributed by atoms with Crippen LogP contribution in [0.4, 0.5) is 4.79 Å². The van der Waals surface area contributed by atoms with Crippen LogP contribution < -0.4 is 15.7 Å². The van der Waals surface area contributed by atoms with Gasteiger partial charge in [-0.25, -0.2) is 4.79 Å². The van der Waals surface area contributed by atoms with E-state index in [1.165, 1.54) is 0 Å². The first-order chi connectivity index (χ1) is 5.52. The number of hydrogen-bond acceptors (Lipinski definition) is 3. The van der Waals surface area contributed by atoms with Gasteiger partial charge in [0.2, 0.25) is 5.25 Å². The molecular formula is C6H10N2O3S. The van der Waals surface area contributed by atoms with Gasteiger partial charge in [-0.05, 0) is 10.9 Å². The van der Waals surface area contributed by atoms with Crippen molar-refractivity contribution in [3.8, 4) is 0 Å². The van der Waals surface area contributed by atoms with E-state index in [2.05, 4.69) is 10.6 Å². The molecule has 0 bridgehead atoms. The Morgan fingerprint density at radius 3 is 2.42 bits per heavy atom. The number of urea groups is 1. The maximum absolute atomic E-state index is 11.2. The minimum Gasteiger partial charge on any atom is -0.832 e. The van der Waals surface area contributed by atoms with Crippen molar-refractivity contribution in [2.24, 2.45) is 0 Å². The van der Waals surface area contributed by atoms with E-state index in [0.29, 0.717) is 0 Å². The number of hydrogen-bond donors (Lipinski definition) is 2. The van der Waals surface area contributed by atoms with Crippen LogP contribution >= 0.6 is 0 Å². The van der Waals surface area contributed by atoms with Gasteiger partial charge in [0.25, 0.3) is 5.91 Å². The Bertz CT molecular complexity index is 219. The first kappa shape index (κ1) is 9.34. The van der Waals surface area contributed by atoms with Gasteiger partial charge in [-0.3, -0.25) is 10.1 Å². The van der Waals surface area contributed by atoms with Crippen molar-refractivity contribution < 1.29 is 14.7 Å². The molecule has 2 unspecified atom stereocenters. The largest absolute Gasteiger partial charge is 0.832 e. The average Bonchev–Trinajstić information content (AvgIpc) is 1.82. The molecule has 0 aromatic rings. The highest BCUT2D eigenvalue weighted by molar-refractivity contribution is 7.96. The molecular weight excluding hydrogens is 180 g/mol. The molecule has 1 aliphatic rings. The molecule has 1 rings (SSSR count). The molecule has 5 nitrogen and oxygen atoms in total. The lowest BCUT2D eigenvalue weighted by Gasteiger charge is -2.32. The van der Waals surface area contributed by atoms with Crippen LogP contribution in [0.1, 0.15) is 0 Å². The van der Waals surface area contributed by atoms with Crippen LogP contribution in [0.2, 0.25) is 0 Å². The predicted octanol–water partition coefficient (Wildman–Crippen LogP) is -2.24. The minimum atomic E-state index is -1.30. The highest BCUT2D eigenvalue weighted by Gasteiger charge is 2.37. The van der Waals surface area contributed by atoms with Crippen LogP contribution in [0.3, 0.4) is 0 Å².